The van der Waals surface area contributed by atoms with Gasteiger partial charge in [0.2, 0.25) is 0 Å². The Labute approximate surface area is 119 Å². The van der Waals surface area contributed by atoms with Crippen molar-refractivity contribution >= 4 is 11.6 Å². The minimum atomic E-state index is 0.290. The smallest absolute Gasteiger partial charge is 0.137 e. The minimum Gasteiger partial charge on any atom is -0.492 e. The van der Waals surface area contributed by atoms with Gasteiger partial charge >= 0.3 is 0 Å². The summed E-state index contributed by atoms with van der Waals surface area (Å²) in [6.45, 7) is 1.18. The van der Waals surface area contributed by atoms with Gasteiger partial charge in [-0.3, -0.25) is 0 Å². The van der Waals surface area contributed by atoms with E-state index in [9.17, 15) is 0 Å². The van der Waals surface area contributed by atoms with E-state index < -0.39 is 0 Å². The standard InChI is InChI=1S/C16H18ClNO/c17-15-8-4-5-9-16(15)19-12-14(11-18)10-13-6-2-1-3-7-13/h1-9,14H,10-12,18H2. The highest BCUT2D eigenvalue weighted by atomic mass is 35.5. The Bertz CT molecular complexity index is 501. The summed E-state index contributed by atoms with van der Waals surface area (Å²) in [6, 6.07) is 17.8. The van der Waals surface area contributed by atoms with Gasteiger partial charge in [0, 0.05) is 5.92 Å². The number of hydrogen-bond donors (Lipinski definition) is 1. The van der Waals surface area contributed by atoms with Crippen molar-refractivity contribution in [1.29, 1.82) is 0 Å². The third-order valence-electron chi connectivity index (χ3n) is 3.01. The number of hydrogen-bond acceptors (Lipinski definition) is 2. The van der Waals surface area contributed by atoms with Crippen LogP contribution in [-0.2, 0) is 6.42 Å². The third-order valence-corrected chi connectivity index (χ3v) is 3.32. The lowest BCUT2D eigenvalue weighted by Gasteiger charge is -2.16. The zero-order valence-electron chi connectivity index (χ0n) is 10.8. The zero-order chi connectivity index (χ0) is 13.5. The first-order valence-corrected chi connectivity index (χ1v) is 6.78. The summed E-state index contributed by atoms with van der Waals surface area (Å²) < 4.78 is 5.75. The Kier molecular flexibility index (Phi) is 5.25. The lowest BCUT2D eigenvalue weighted by atomic mass is 10.0. The molecule has 0 amide bonds. The monoisotopic (exact) mass is 275 g/mol. The SMILES string of the molecule is NCC(COc1ccccc1Cl)Cc1ccccc1. The Morgan fingerprint density at radius 1 is 1.00 bits per heavy atom. The Balaban J connectivity index is 1.91. The molecule has 0 saturated heterocycles. The van der Waals surface area contributed by atoms with Gasteiger partial charge in [0.25, 0.3) is 0 Å². The maximum Gasteiger partial charge on any atom is 0.137 e. The molecule has 3 heteroatoms. The van der Waals surface area contributed by atoms with E-state index in [1.165, 1.54) is 5.56 Å². The van der Waals surface area contributed by atoms with E-state index in [0.29, 0.717) is 24.1 Å². The molecule has 0 heterocycles. The minimum absolute atomic E-state index is 0.290. The lowest BCUT2D eigenvalue weighted by Crippen LogP contribution is -2.23. The van der Waals surface area contributed by atoms with Crippen molar-refractivity contribution in [3.63, 3.8) is 0 Å². The van der Waals surface area contributed by atoms with Crippen LogP contribution in [0, 0.1) is 5.92 Å². The number of nitrogens with two attached hydrogens (primary N) is 1. The van der Waals surface area contributed by atoms with Crippen LogP contribution in [0.1, 0.15) is 5.56 Å². The van der Waals surface area contributed by atoms with Gasteiger partial charge in [0.1, 0.15) is 5.75 Å². The van der Waals surface area contributed by atoms with Crippen LogP contribution < -0.4 is 10.5 Å². The van der Waals surface area contributed by atoms with Crippen molar-refractivity contribution in [2.24, 2.45) is 11.7 Å². The molecule has 1 unspecified atom stereocenters. The molecular weight excluding hydrogens is 258 g/mol. The van der Waals surface area contributed by atoms with Gasteiger partial charge in [-0.2, -0.15) is 0 Å². The molecule has 2 rings (SSSR count). The Morgan fingerprint density at radius 2 is 1.68 bits per heavy atom. The largest absolute Gasteiger partial charge is 0.492 e. The second-order valence-corrected chi connectivity index (χ2v) is 4.94. The summed E-state index contributed by atoms with van der Waals surface area (Å²) in [5.41, 5.74) is 7.09. The zero-order valence-corrected chi connectivity index (χ0v) is 11.5. The number of para-hydroxylation sites is 1. The topological polar surface area (TPSA) is 35.2 Å². The van der Waals surface area contributed by atoms with Crippen LogP contribution >= 0.6 is 11.6 Å². The normalized spacial score (nSPS) is 12.1. The lowest BCUT2D eigenvalue weighted by molar-refractivity contribution is 0.252. The van der Waals surface area contributed by atoms with Crippen LogP contribution in [-0.4, -0.2) is 13.2 Å². The van der Waals surface area contributed by atoms with Crippen molar-refractivity contribution in [3.8, 4) is 5.75 Å². The molecule has 2 aromatic carbocycles. The maximum absolute atomic E-state index is 6.05. The highest BCUT2D eigenvalue weighted by Crippen LogP contribution is 2.23. The van der Waals surface area contributed by atoms with Gasteiger partial charge in [-0.1, -0.05) is 54.1 Å². The summed E-state index contributed by atoms with van der Waals surface area (Å²) in [4.78, 5) is 0. The van der Waals surface area contributed by atoms with E-state index in [0.717, 1.165) is 12.2 Å². The van der Waals surface area contributed by atoms with E-state index in [1.807, 2.05) is 42.5 Å². The number of ether oxygens (including phenoxy) is 1. The Hall–Kier alpha value is -1.51. The number of benzene rings is 2. The fourth-order valence-corrected chi connectivity index (χ4v) is 2.12. The average molecular weight is 276 g/mol. The maximum atomic E-state index is 6.05. The molecule has 0 spiro atoms. The van der Waals surface area contributed by atoms with E-state index in [4.69, 9.17) is 22.1 Å². The van der Waals surface area contributed by atoms with E-state index in [-0.39, 0.29) is 0 Å². The molecular formula is C16H18ClNO. The van der Waals surface area contributed by atoms with Crippen molar-refractivity contribution in [1.82, 2.24) is 0 Å². The fraction of sp³-hybridized carbons (Fsp3) is 0.250. The van der Waals surface area contributed by atoms with E-state index in [1.54, 1.807) is 0 Å². The highest BCUT2D eigenvalue weighted by Gasteiger charge is 2.10. The van der Waals surface area contributed by atoms with Crippen LogP contribution in [0.4, 0.5) is 0 Å². The van der Waals surface area contributed by atoms with Crippen molar-refractivity contribution in [3.05, 3.63) is 65.2 Å². The molecule has 0 aliphatic rings. The second-order valence-electron chi connectivity index (χ2n) is 4.53. The first kappa shape index (κ1) is 13.9. The molecule has 0 aliphatic heterocycles. The van der Waals surface area contributed by atoms with Crippen LogP contribution in [0.15, 0.2) is 54.6 Å². The predicted octanol–water partition coefficient (Wildman–Crippen LogP) is 3.54. The van der Waals surface area contributed by atoms with Gasteiger partial charge in [0.05, 0.1) is 11.6 Å². The average Bonchev–Trinajstić information content (AvgIpc) is 2.46. The second kappa shape index (κ2) is 7.17. The first-order valence-electron chi connectivity index (χ1n) is 6.41. The van der Waals surface area contributed by atoms with Gasteiger partial charge in [-0.15, -0.1) is 0 Å². The summed E-state index contributed by atoms with van der Waals surface area (Å²) in [5.74, 6) is 1.01. The van der Waals surface area contributed by atoms with Crippen LogP contribution in [0.3, 0.4) is 0 Å². The molecule has 1 atom stereocenters. The number of halogens is 1. The molecule has 100 valence electrons. The van der Waals surface area contributed by atoms with Crippen molar-refractivity contribution < 1.29 is 4.74 Å². The highest BCUT2D eigenvalue weighted by molar-refractivity contribution is 6.32. The summed E-state index contributed by atoms with van der Waals surface area (Å²) in [5, 5.41) is 0.637. The van der Waals surface area contributed by atoms with Crippen LogP contribution in [0.5, 0.6) is 5.75 Å². The molecule has 0 saturated carbocycles. The van der Waals surface area contributed by atoms with Crippen molar-refractivity contribution in [2.75, 3.05) is 13.2 Å². The number of rotatable bonds is 6. The van der Waals surface area contributed by atoms with Crippen LogP contribution in [0.2, 0.25) is 5.02 Å². The van der Waals surface area contributed by atoms with E-state index >= 15 is 0 Å². The van der Waals surface area contributed by atoms with Crippen molar-refractivity contribution in [2.45, 2.75) is 6.42 Å². The molecule has 0 radical (unpaired) electrons. The van der Waals surface area contributed by atoms with Gasteiger partial charge in [-0.05, 0) is 30.7 Å². The van der Waals surface area contributed by atoms with Gasteiger partial charge in [0.15, 0.2) is 0 Å². The van der Waals surface area contributed by atoms with Gasteiger partial charge in [-0.25, -0.2) is 0 Å². The summed E-state index contributed by atoms with van der Waals surface area (Å²) in [6.07, 6.45) is 0.918. The predicted molar refractivity (Wildman–Crippen MR) is 79.6 cm³/mol. The third kappa shape index (κ3) is 4.27. The Morgan fingerprint density at radius 3 is 2.37 bits per heavy atom. The molecule has 0 fully saturated rings. The van der Waals surface area contributed by atoms with Gasteiger partial charge < -0.3 is 10.5 Å². The molecule has 2 aromatic rings. The fourth-order valence-electron chi connectivity index (χ4n) is 1.93. The molecule has 2 nitrogen and oxygen atoms in total. The molecule has 19 heavy (non-hydrogen) atoms. The quantitative estimate of drug-likeness (QED) is 0.875. The van der Waals surface area contributed by atoms with E-state index in [2.05, 4.69) is 12.1 Å². The summed E-state index contributed by atoms with van der Waals surface area (Å²) >= 11 is 6.05. The molecule has 2 N–H and O–H groups in total. The molecule has 0 aliphatic carbocycles. The first-order chi connectivity index (χ1) is 9.29. The molecule has 0 aromatic heterocycles. The molecule has 0 bridgehead atoms. The summed E-state index contributed by atoms with van der Waals surface area (Å²) in [7, 11) is 0. The van der Waals surface area contributed by atoms with Crippen LogP contribution in [0.25, 0.3) is 0 Å².